The Bertz CT molecular complexity index is 1270. The first-order valence-corrected chi connectivity index (χ1v) is 10.9. The van der Waals surface area contributed by atoms with E-state index in [1.54, 1.807) is 10.7 Å². The van der Waals surface area contributed by atoms with E-state index in [0.717, 1.165) is 17.5 Å². The van der Waals surface area contributed by atoms with Crippen LogP contribution >= 0.6 is 9.24 Å². The molecule has 0 bridgehead atoms. The van der Waals surface area contributed by atoms with Crippen LogP contribution in [0.25, 0.3) is 11.4 Å². The van der Waals surface area contributed by atoms with Crippen LogP contribution in [0.3, 0.4) is 0 Å². The average molecular weight is 443 g/mol. The first-order valence-electron chi connectivity index (χ1n) is 10.3. The van der Waals surface area contributed by atoms with E-state index in [2.05, 4.69) is 38.7 Å². The number of hydrogen-bond acceptors (Lipinski definition) is 4. The van der Waals surface area contributed by atoms with Crippen LogP contribution in [-0.2, 0) is 13.5 Å². The minimum Gasteiger partial charge on any atom is -0.369 e. The van der Waals surface area contributed by atoms with Crippen molar-refractivity contribution < 1.29 is 4.39 Å². The lowest BCUT2D eigenvalue weighted by molar-refractivity contribution is 0.624. The summed E-state index contributed by atoms with van der Waals surface area (Å²) >= 11 is 0. The molecule has 2 atom stereocenters. The number of anilines is 1. The van der Waals surface area contributed by atoms with Gasteiger partial charge in [-0.05, 0) is 35.0 Å². The van der Waals surface area contributed by atoms with Gasteiger partial charge in [0.1, 0.15) is 11.9 Å². The van der Waals surface area contributed by atoms with Crippen molar-refractivity contribution in [2.45, 2.75) is 19.4 Å². The van der Waals surface area contributed by atoms with Crippen LogP contribution in [0.2, 0.25) is 0 Å². The molecule has 32 heavy (non-hydrogen) atoms. The van der Waals surface area contributed by atoms with Crippen molar-refractivity contribution in [3.63, 3.8) is 0 Å². The Labute approximate surface area is 189 Å². The van der Waals surface area contributed by atoms with Crippen molar-refractivity contribution in [1.29, 1.82) is 5.26 Å². The number of aryl methyl sites for hydroxylation is 2. The summed E-state index contributed by atoms with van der Waals surface area (Å²) in [6, 6.07) is 22.3. The second-order valence-electron chi connectivity index (χ2n) is 7.49. The Kier molecular flexibility index (Phi) is 6.30. The fourth-order valence-corrected chi connectivity index (χ4v) is 4.04. The van der Waals surface area contributed by atoms with Crippen LogP contribution < -0.4 is 10.6 Å². The van der Waals surface area contributed by atoms with Gasteiger partial charge in [-0.3, -0.25) is 4.68 Å². The van der Waals surface area contributed by atoms with Gasteiger partial charge in [0.05, 0.1) is 17.3 Å². The molecule has 1 aromatic heterocycles. The highest BCUT2D eigenvalue weighted by Gasteiger charge is 2.24. The van der Waals surface area contributed by atoms with E-state index < -0.39 is 11.9 Å². The molecule has 0 saturated heterocycles. The number of rotatable bonds is 6. The van der Waals surface area contributed by atoms with Gasteiger partial charge < -0.3 is 5.32 Å². The van der Waals surface area contributed by atoms with Gasteiger partial charge in [0.25, 0.3) is 0 Å². The van der Waals surface area contributed by atoms with Crippen LogP contribution in [0.4, 0.5) is 10.1 Å². The molecular weight excluding hydrogens is 420 g/mol. The van der Waals surface area contributed by atoms with E-state index in [-0.39, 0.29) is 5.56 Å². The summed E-state index contributed by atoms with van der Waals surface area (Å²) in [5.41, 5.74) is 3.61. The summed E-state index contributed by atoms with van der Waals surface area (Å²) in [5, 5.41) is 17.7. The zero-order valence-electron chi connectivity index (χ0n) is 17.9. The van der Waals surface area contributed by atoms with Gasteiger partial charge in [0.15, 0.2) is 11.6 Å². The molecule has 0 amide bonds. The van der Waals surface area contributed by atoms with E-state index in [1.165, 1.54) is 11.6 Å². The van der Waals surface area contributed by atoms with Gasteiger partial charge in [-0.25, -0.2) is 9.37 Å². The molecule has 7 heteroatoms. The Morgan fingerprint density at radius 1 is 1.12 bits per heavy atom. The summed E-state index contributed by atoms with van der Waals surface area (Å²) < 4.78 is 16.7. The molecule has 1 heterocycles. The SMILES string of the molecule is CCc1cccc(C(Nc2c(F)cc(C#N)cc2P)c2nc(-c3ccccc3)nn2C)c1. The van der Waals surface area contributed by atoms with Crippen molar-refractivity contribution in [1.82, 2.24) is 14.8 Å². The molecule has 4 aromatic rings. The molecular formula is C25H23FN5P. The molecule has 0 aliphatic rings. The van der Waals surface area contributed by atoms with Crippen molar-refractivity contribution in [2.75, 3.05) is 5.32 Å². The van der Waals surface area contributed by atoms with Crippen LogP contribution in [0.1, 0.15) is 35.5 Å². The van der Waals surface area contributed by atoms with E-state index in [4.69, 9.17) is 10.2 Å². The monoisotopic (exact) mass is 443 g/mol. The number of aromatic nitrogens is 3. The Balaban J connectivity index is 1.83. The normalized spacial score (nSPS) is 11.7. The topological polar surface area (TPSA) is 66.5 Å². The first kappa shape index (κ1) is 21.7. The van der Waals surface area contributed by atoms with Crippen LogP contribution in [-0.4, -0.2) is 14.8 Å². The van der Waals surface area contributed by atoms with E-state index >= 15 is 0 Å². The van der Waals surface area contributed by atoms with Gasteiger partial charge >= 0.3 is 0 Å². The molecule has 0 saturated carbocycles. The number of hydrogen-bond donors (Lipinski definition) is 1. The minimum atomic E-state index is -0.490. The zero-order valence-corrected chi connectivity index (χ0v) is 19.0. The van der Waals surface area contributed by atoms with E-state index in [0.29, 0.717) is 22.6 Å². The minimum absolute atomic E-state index is 0.271. The molecule has 4 rings (SSSR count). The van der Waals surface area contributed by atoms with E-state index in [9.17, 15) is 4.39 Å². The van der Waals surface area contributed by atoms with Crippen molar-refractivity contribution in [2.24, 2.45) is 7.05 Å². The second kappa shape index (κ2) is 9.30. The lowest BCUT2D eigenvalue weighted by atomic mass is 10.0. The lowest BCUT2D eigenvalue weighted by Gasteiger charge is -2.22. The Hall–Kier alpha value is -3.55. The predicted molar refractivity (Wildman–Crippen MR) is 128 cm³/mol. The molecule has 1 N–H and O–H groups in total. The summed E-state index contributed by atoms with van der Waals surface area (Å²) in [6.07, 6.45) is 0.884. The third-order valence-electron chi connectivity index (χ3n) is 5.32. The van der Waals surface area contributed by atoms with Crippen LogP contribution in [0.5, 0.6) is 0 Å². The molecule has 0 fully saturated rings. The highest BCUT2D eigenvalue weighted by atomic mass is 31.0. The van der Waals surface area contributed by atoms with Gasteiger partial charge in [0.2, 0.25) is 0 Å². The number of benzene rings is 3. The van der Waals surface area contributed by atoms with Crippen LogP contribution in [0.15, 0.2) is 66.7 Å². The Morgan fingerprint density at radius 3 is 2.59 bits per heavy atom. The van der Waals surface area contributed by atoms with Crippen molar-refractivity contribution in [3.8, 4) is 17.5 Å². The number of nitriles is 1. The largest absolute Gasteiger partial charge is 0.369 e. The fourth-order valence-electron chi connectivity index (χ4n) is 3.64. The molecule has 3 aromatic carbocycles. The quantitative estimate of drug-likeness (QED) is 0.437. The summed E-state index contributed by atoms with van der Waals surface area (Å²) in [6.45, 7) is 2.10. The summed E-state index contributed by atoms with van der Waals surface area (Å²) in [7, 11) is 4.34. The summed E-state index contributed by atoms with van der Waals surface area (Å²) in [5.74, 6) is 0.773. The maximum Gasteiger partial charge on any atom is 0.181 e. The molecule has 0 aliphatic carbocycles. The molecule has 0 aliphatic heterocycles. The third kappa shape index (κ3) is 4.39. The highest BCUT2D eigenvalue weighted by molar-refractivity contribution is 7.28. The smallest absolute Gasteiger partial charge is 0.181 e. The second-order valence-corrected chi connectivity index (χ2v) is 8.12. The van der Waals surface area contributed by atoms with Gasteiger partial charge in [0, 0.05) is 12.6 Å². The summed E-state index contributed by atoms with van der Waals surface area (Å²) in [4.78, 5) is 4.81. The Morgan fingerprint density at radius 2 is 1.91 bits per heavy atom. The lowest BCUT2D eigenvalue weighted by Crippen LogP contribution is -2.21. The maximum atomic E-state index is 14.9. The molecule has 0 radical (unpaired) electrons. The fraction of sp³-hybridized carbons (Fsp3) is 0.160. The average Bonchev–Trinajstić information content (AvgIpc) is 3.20. The standard InChI is InChI=1S/C25H23FN5P/c1-3-16-8-7-11-19(12-16)22(28-23-20(26)13-17(15-27)14-21(23)32)25-29-24(30-31(25)2)18-9-5-4-6-10-18/h4-14,22,28H,3,32H2,1-2H3. The van der Waals surface area contributed by atoms with Crippen molar-refractivity contribution in [3.05, 3.63) is 95.1 Å². The van der Waals surface area contributed by atoms with Crippen molar-refractivity contribution >= 4 is 20.2 Å². The van der Waals surface area contributed by atoms with E-state index in [1.807, 2.05) is 55.6 Å². The van der Waals surface area contributed by atoms with Gasteiger partial charge in [-0.15, -0.1) is 9.24 Å². The first-order chi connectivity index (χ1) is 15.5. The van der Waals surface area contributed by atoms with Gasteiger partial charge in [-0.2, -0.15) is 10.4 Å². The third-order valence-corrected chi connectivity index (χ3v) is 5.77. The molecule has 2 unspecified atom stereocenters. The molecule has 160 valence electrons. The number of nitrogens with zero attached hydrogens (tertiary/aromatic N) is 4. The van der Waals surface area contributed by atoms with Crippen LogP contribution in [0, 0.1) is 17.1 Å². The van der Waals surface area contributed by atoms with Gasteiger partial charge in [-0.1, -0.05) is 61.5 Å². The maximum absolute atomic E-state index is 14.9. The zero-order chi connectivity index (χ0) is 22.7. The molecule has 5 nitrogen and oxygen atoms in total. The number of halogens is 1. The molecule has 0 spiro atoms. The number of nitrogens with one attached hydrogen (secondary N) is 1. The highest BCUT2D eigenvalue weighted by Crippen LogP contribution is 2.29. The predicted octanol–water partition coefficient (Wildman–Crippen LogP) is 4.76.